The van der Waals surface area contributed by atoms with Gasteiger partial charge in [-0.3, -0.25) is 0 Å². The van der Waals surface area contributed by atoms with Crippen LogP contribution in [0.3, 0.4) is 0 Å². The summed E-state index contributed by atoms with van der Waals surface area (Å²) in [4.78, 5) is 0. The van der Waals surface area contributed by atoms with Crippen molar-refractivity contribution in [3.63, 3.8) is 0 Å². The Kier molecular flexibility index (Phi) is 3.72. The van der Waals surface area contributed by atoms with Gasteiger partial charge in [0.1, 0.15) is 17.2 Å². The molecule has 2 aliphatic rings. The highest BCUT2D eigenvalue weighted by atomic mass is 19.1. The van der Waals surface area contributed by atoms with Crippen molar-refractivity contribution in [2.75, 3.05) is 6.54 Å². The van der Waals surface area contributed by atoms with Gasteiger partial charge in [0.2, 0.25) is 0 Å². The molecule has 0 aromatic heterocycles. The minimum absolute atomic E-state index is 0.0144. The summed E-state index contributed by atoms with van der Waals surface area (Å²) in [5, 5.41) is 3.61. The fraction of sp³-hybridized carbons (Fsp3) is 0.647. The first kappa shape index (κ1) is 13.9. The van der Waals surface area contributed by atoms with Crippen molar-refractivity contribution in [2.24, 2.45) is 5.92 Å². The first-order valence-corrected chi connectivity index (χ1v) is 7.80. The molecule has 1 unspecified atom stereocenters. The number of nitrogens with one attached hydrogen (secondary N) is 1. The lowest BCUT2D eigenvalue weighted by Gasteiger charge is -2.40. The molecule has 20 heavy (non-hydrogen) atoms. The highest BCUT2D eigenvalue weighted by Crippen LogP contribution is 2.47. The lowest BCUT2D eigenvalue weighted by atomic mass is 9.85. The van der Waals surface area contributed by atoms with Crippen LogP contribution in [-0.2, 0) is 0 Å². The van der Waals surface area contributed by atoms with Crippen molar-refractivity contribution in [1.82, 2.24) is 5.32 Å². The van der Waals surface area contributed by atoms with Crippen LogP contribution in [0, 0.1) is 11.7 Å². The van der Waals surface area contributed by atoms with Crippen LogP contribution < -0.4 is 10.1 Å². The molecule has 0 saturated heterocycles. The maximum absolute atomic E-state index is 13.6. The molecular formula is C17H24FNO. The maximum Gasteiger partial charge on any atom is 0.125 e. The molecule has 1 spiro atoms. The van der Waals surface area contributed by atoms with E-state index in [1.165, 1.54) is 18.9 Å². The zero-order chi connectivity index (χ0) is 14.2. The Hall–Kier alpha value is -1.09. The van der Waals surface area contributed by atoms with E-state index in [9.17, 15) is 4.39 Å². The van der Waals surface area contributed by atoms with Crippen LogP contribution in [0.15, 0.2) is 18.2 Å². The first-order chi connectivity index (χ1) is 9.58. The van der Waals surface area contributed by atoms with Gasteiger partial charge in [0.15, 0.2) is 0 Å². The Morgan fingerprint density at radius 2 is 2.10 bits per heavy atom. The minimum Gasteiger partial charge on any atom is -0.487 e. The van der Waals surface area contributed by atoms with E-state index in [1.54, 1.807) is 12.1 Å². The number of hydrogen-bond acceptors (Lipinski definition) is 2. The molecule has 3 heteroatoms. The molecule has 1 heterocycles. The van der Waals surface area contributed by atoms with Crippen molar-refractivity contribution in [1.29, 1.82) is 0 Å². The monoisotopic (exact) mass is 277 g/mol. The third kappa shape index (κ3) is 2.69. The molecule has 3 rings (SSSR count). The highest BCUT2D eigenvalue weighted by Gasteiger charge is 2.43. The molecule has 0 radical (unpaired) electrons. The van der Waals surface area contributed by atoms with E-state index < -0.39 is 0 Å². The van der Waals surface area contributed by atoms with E-state index in [0.717, 1.165) is 37.1 Å². The van der Waals surface area contributed by atoms with Gasteiger partial charge in [-0.05, 0) is 56.3 Å². The van der Waals surface area contributed by atoms with Crippen molar-refractivity contribution < 1.29 is 9.13 Å². The van der Waals surface area contributed by atoms with E-state index in [-0.39, 0.29) is 17.5 Å². The number of fused-ring (bicyclic) bond motifs is 1. The molecule has 1 N–H and O–H groups in total. The second kappa shape index (κ2) is 5.36. The third-order valence-electron chi connectivity index (χ3n) is 4.54. The molecule has 1 aliphatic carbocycles. The van der Waals surface area contributed by atoms with Gasteiger partial charge in [-0.25, -0.2) is 4.39 Å². The Labute approximate surface area is 120 Å². The number of hydrogen-bond donors (Lipinski definition) is 1. The summed E-state index contributed by atoms with van der Waals surface area (Å²) in [6.07, 6.45) is 5.71. The largest absolute Gasteiger partial charge is 0.487 e. The Morgan fingerprint density at radius 1 is 1.35 bits per heavy atom. The maximum atomic E-state index is 13.6. The van der Waals surface area contributed by atoms with Crippen molar-refractivity contribution in [2.45, 2.75) is 57.6 Å². The summed E-state index contributed by atoms with van der Waals surface area (Å²) in [6, 6.07) is 5.16. The van der Waals surface area contributed by atoms with Crippen molar-refractivity contribution >= 4 is 0 Å². The predicted molar refractivity (Wildman–Crippen MR) is 78.4 cm³/mol. The average molecular weight is 277 g/mol. The first-order valence-electron chi connectivity index (χ1n) is 7.80. The van der Waals surface area contributed by atoms with Gasteiger partial charge in [0, 0.05) is 18.0 Å². The summed E-state index contributed by atoms with van der Waals surface area (Å²) in [5.74, 6) is 1.29. The van der Waals surface area contributed by atoms with Gasteiger partial charge in [-0.15, -0.1) is 0 Å². The van der Waals surface area contributed by atoms with Gasteiger partial charge in [-0.1, -0.05) is 13.8 Å². The summed E-state index contributed by atoms with van der Waals surface area (Å²) < 4.78 is 19.8. The van der Waals surface area contributed by atoms with Gasteiger partial charge in [-0.2, -0.15) is 0 Å². The third-order valence-corrected chi connectivity index (χ3v) is 4.54. The smallest absolute Gasteiger partial charge is 0.125 e. The SMILES string of the molecule is CC(C)CNC1CC2(CCCC2)Oc2ccc(F)cc21. The topological polar surface area (TPSA) is 21.3 Å². The van der Waals surface area contributed by atoms with E-state index in [2.05, 4.69) is 19.2 Å². The van der Waals surface area contributed by atoms with E-state index in [4.69, 9.17) is 4.74 Å². The number of halogens is 1. The van der Waals surface area contributed by atoms with Crippen LogP contribution in [0.25, 0.3) is 0 Å². The molecule has 0 amide bonds. The summed E-state index contributed by atoms with van der Waals surface area (Å²) in [6.45, 7) is 5.35. The Morgan fingerprint density at radius 3 is 2.80 bits per heavy atom. The van der Waals surface area contributed by atoms with Crippen LogP contribution in [0.2, 0.25) is 0 Å². The minimum atomic E-state index is -0.175. The average Bonchev–Trinajstić information content (AvgIpc) is 2.85. The molecule has 1 aliphatic heterocycles. The number of rotatable bonds is 3. The molecule has 110 valence electrons. The van der Waals surface area contributed by atoms with Crippen LogP contribution >= 0.6 is 0 Å². The standard InChI is InChI=1S/C17H24FNO/c1-12(2)11-19-15-10-17(7-3-4-8-17)20-16-6-5-13(18)9-14(15)16/h5-6,9,12,15,19H,3-4,7-8,10-11H2,1-2H3. The molecule has 1 fully saturated rings. The van der Waals surface area contributed by atoms with E-state index in [1.807, 2.05) is 0 Å². The fourth-order valence-corrected chi connectivity index (χ4v) is 3.53. The fourth-order valence-electron chi connectivity index (χ4n) is 3.53. The predicted octanol–water partition coefficient (Wildman–Crippen LogP) is 4.21. The van der Waals surface area contributed by atoms with Gasteiger partial charge in [0.25, 0.3) is 0 Å². The number of ether oxygens (including phenoxy) is 1. The quantitative estimate of drug-likeness (QED) is 0.893. The molecule has 0 bridgehead atoms. The Bertz CT molecular complexity index is 480. The number of benzene rings is 1. The highest BCUT2D eigenvalue weighted by molar-refractivity contribution is 5.39. The van der Waals surface area contributed by atoms with Crippen LogP contribution in [0.5, 0.6) is 5.75 Å². The van der Waals surface area contributed by atoms with Crippen molar-refractivity contribution in [3.05, 3.63) is 29.6 Å². The molecule has 1 atom stereocenters. The second-order valence-electron chi connectivity index (χ2n) is 6.73. The van der Waals surface area contributed by atoms with Gasteiger partial charge >= 0.3 is 0 Å². The lowest BCUT2D eigenvalue weighted by molar-refractivity contribution is 0.0361. The summed E-state index contributed by atoms with van der Waals surface area (Å²) in [5.41, 5.74) is 0.975. The zero-order valence-electron chi connectivity index (χ0n) is 12.4. The summed E-state index contributed by atoms with van der Waals surface area (Å²) in [7, 11) is 0. The zero-order valence-corrected chi connectivity index (χ0v) is 12.4. The van der Waals surface area contributed by atoms with E-state index in [0.29, 0.717) is 5.92 Å². The summed E-state index contributed by atoms with van der Waals surface area (Å²) >= 11 is 0. The molecule has 1 aromatic rings. The lowest BCUT2D eigenvalue weighted by Crippen LogP contribution is -2.42. The Balaban J connectivity index is 1.88. The normalized spacial score (nSPS) is 23.9. The van der Waals surface area contributed by atoms with Crippen LogP contribution in [-0.4, -0.2) is 12.1 Å². The molecular weight excluding hydrogens is 253 g/mol. The van der Waals surface area contributed by atoms with Crippen LogP contribution in [0.4, 0.5) is 4.39 Å². The van der Waals surface area contributed by atoms with Gasteiger partial charge in [0.05, 0.1) is 0 Å². The van der Waals surface area contributed by atoms with Crippen molar-refractivity contribution in [3.8, 4) is 5.75 Å². The molecule has 2 nitrogen and oxygen atoms in total. The second-order valence-corrected chi connectivity index (χ2v) is 6.73. The van der Waals surface area contributed by atoms with Gasteiger partial charge < -0.3 is 10.1 Å². The molecule has 1 aromatic carbocycles. The molecule has 1 saturated carbocycles. The van der Waals surface area contributed by atoms with Crippen LogP contribution in [0.1, 0.15) is 57.6 Å². The van der Waals surface area contributed by atoms with E-state index >= 15 is 0 Å².